The predicted octanol–water partition coefficient (Wildman–Crippen LogP) is 6.85. The maximum absolute atomic E-state index is 13.0. The smallest absolute Gasteiger partial charge is 0.255 e. The molecule has 1 fully saturated rings. The van der Waals surface area contributed by atoms with E-state index in [0.717, 1.165) is 45.6 Å². The lowest BCUT2D eigenvalue weighted by molar-refractivity contribution is 0.102. The summed E-state index contributed by atoms with van der Waals surface area (Å²) in [6.07, 6.45) is 7.24. The number of likely N-dealkylation sites (tertiary alicyclic amines) is 1. The molecule has 1 aliphatic heterocycles. The number of aromatic nitrogens is 1. The zero-order valence-electron chi connectivity index (χ0n) is 21.1. The van der Waals surface area contributed by atoms with E-state index in [2.05, 4.69) is 22.3 Å². The molecule has 5 heteroatoms. The molecule has 0 atom stereocenters. The Morgan fingerprint density at radius 2 is 1.58 bits per heavy atom. The van der Waals surface area contributed by atoms with Crippen LogP contribution in [0.25, 0.3) is 22.0 Å². The molecule has 184 valence electrons. The lowest BCUT2D eigenvalue weighted by Gasteiger charge is -2.20. The quantitative estimate of drug-likeness (QED) is 0.329. The Morgan fingerprint density at radius 3 is 2.25 bits per heavy atom. The van der Waals surface area contributed by atoms with E-state index in [0.29, 0.717) is 5.56 Å². The van der Waals surface area contributed by atoms with Crippen molar-refractivity contribution in [2.24, 2.45) is 0 Å². The lowest BCUT2D eigenvalue weighted by atomic mass is 10.0. The minimum atomic E-state index is -0.128. The highest BCUT2D eigenvalue weighted by molar-refractivity contribution is 6.06. The summed E-state index contributed by atoms with van der Waals surface area (Å²) in [4.78, 5) is 20.3. The minimum absolute atomic E-state index is 0.128. The second-order valence-electron chi connectivity index (χ2n) is 9.60. The number of carbonyl (C=O) groups excluding carboxylic acids is 1. The van der Waals surface area contributed by atoms with E-state index in [1.54, 1.807) is 7.11 Å². The molecule has 1 aliphatic rings. The second-order valence-corrected chi connectivity index (χ2v) is 9.60. The van der Waals surface area contributed by atoms with Crippen molar-refractivity contribution in [3.63, 3.8) is 0 Å². The number of rotatable bonds is 6. The van der Waals surface area contributed by atoms with Crippen LogP contribution >= 0.6 is 0 Å². The molecular weight excluding hydrogens is 446 g/mol. The summed E-state index contributed by atoms with van der Waals surface area (Å²) in [6, 6.07) is 21.8. The van der Waals surface area contributed by atoms with Crippen molar-refractivity contribution >= 4 is 22.5 Å². The lowest BCUT2D eigenvalue weighted by Crippen LogP contribution is -2.24. The second kappa shape index (κ2) is 10.9. The molecule has 36 heavy (non-hydrogen) atoms. The van der Waals surface area contributed by atoms with Gasteiger partial charge in [0.25, 0.3) is 5.91 Å². The van der Waals surface area contributed by atoms with Gasteiger partial charge in [-0.25, -0.2) is 0 Å². The minimum Gasteiger partial charge on any atom is -0.497 e. The van der Waals surface area contributed by atoms with Crippen molar-refractivity contribution in [1.29, 1.82) is 0 Å². The van der Waals surface area contributed by atoms with Gasteiger partial charge in [-0.3, -0.25) is 14.7 Å². The van der Waals surface area contributed by atoms with Gasteiger partial charge in [-0.15, -0.1) is 0 Å². The number of anilines is 1. The maximum Gasteiger partial charge on any atom is 0.255 e. The van der Waals surface area contributed by atoms with Gasteiger partial charge in [0.2, 0.25) is 0 Å². The molecule has 0 saturated carbocycles. The standard InChI is InChI=1S/C31H33N3O2/c1-22-29(16-13-27-19-23(20-32-30(22)27)21-34-17-5-3-4-6-18-34)33-31(35)26-9-7-24(8-10-26)25-11-14-28(36-2)15-12-25/h7-16,19-20H,3-6,17-18,21H2,1-2H3,(H,33,35). The summed E-state index contributed by atoms with van der Waals surface area (Å²) in [5.41, 5.74) is 6.70. The molecule has 1 saturated heterocycles. The summed E-state index contributed by atoms with van der Waals surface area (Å²) >= 11 is 0. The normalized spacial score (nSPS) is 14.4. The van der Waals surface area contributed by atoms with E-state index in [-0.39, 0.29) is 5.91 Å². The molecule has 0 bridgehead atoms. The highest BCUT2D eigenvalue weighted by Crippen LogP contribution is 2.27. The largest absolute Gasteiger partial charge is 0.497 e. The number of fused-ring (bicyclic) bond motifs is 1. The average molecular weight is 480 g/mol. The molecule has 0 unspecified atom stereocenters. The Balaban J connectivity index is 1.28. The molecule has 0 spiro atoms. The zero-order valence-corrected chi connectivity index (χ0v) is 21.1. The average Bonchev–Trinajstić information content (AvgIpc) is 3.19. The first-order chi connectivity index (χ1) is 17.6. The van der Waals surface area contributed by atoms with Gasteiger partial charge in [0, 0.05) is 29.4 Å². The van der Waals surface area contributed by atoms with Crippen LogP contribution in [0, 0.1) is 6.92 Å². The third-order valence-electron chi connectivity index (χ3n) is 7.09. The third-order valence-corrected chi connectivity index (χ3v) is 7.09. The molecule has 2 heterocycles. The van der Waals surface area contributed by atoms with Crippen molar-refractivity contribution < 1.29 is 9.53 Å². The van der Waals surface area contributed by atoms with Crippen LogP contribution < -0.4 is 10.1 Å². The molecule has 5 rings (SSSR count). The Morgan fingerprint density at radius 1 is 0.917 bits per heavy atom. The van der Waals surface area contributed by atoms with Crippen molar-refractivity contribution in [1.82, 2.24) is 9.88 Å². The van der Waals surface area contributed by atoms with E-state index in [4.69, 9.17) is 9.72 Å². The van der Waals surface area contributed by atoms with Crippen LogP contribution in [0.15, 0.2) is 72.9 Å². The van der Waals surface area contributed by atoms with Crippen LogP contribution in [-0.4, -0.2) is 36.0 Å². The van der Waals surface area contributed by atoms with Gasteiger partial charge in [-0.1, -0.05) is 43.2 Å². The number of hydrogen-bond acceptors (Lipinski definition) is 4. The number of hydrogen-bond donors (Lipinski definition) is 1. The highest BCUT2D eigenvalue weighted by atomic mass is 16.5. The molecule has 4 aromatic rings. The number of aryl methyl sites for hydroxylation is 1. The van der Waals surface area contributed by atoms with E-state index in [1.807, 2.05) is 67.7 Å². The number of ether oxygens (including phenoxy) is 1. The van der Waals surface area contributed by atoms with Gasteiger partial charge in [-0.05, 0) is 91.5 Å². The molecule has 5 nitrogen and oxygen atoms in total. The third kappa shape index (κ3) is 5.42. The van der Waals surface area contributed by atoms with Crippen LogP contribution in [-0.2, 0) is 6.54 Å². The first-order valence-electron chi connectivity index (χ1n) is 12.8. The van der Waals surface area contributed by atoms with E-state index in [9.17, 15) is 4.79 Å². The van der Waals surface area contributed by atoms with Crippen molar-refractivity contribution in [2.45, 2.75) is 39.2 Å². The highest BCUT2D eigenvalue weighted by Gasteiger charge is 2.13. The number of benzene rings is 3. The Hall–Kier alpha value is -3.70. The molecule has 0 radical (unpaired) electrons. The number of pyridine rings is 1. The maximum atomic E-state index is 13.0. The van der Waals surface area contributed by atoms with Crippen molar-refractivity contribution in [3.8, 4) is 16.9 Å². The van der Waals surface area contributed by atoms with Crippen LogP contribution in [0.1, 0.15) is 47.2 Å². The van der Waals surface area contributed by atoms with Crippen LogP contribution in [0.5, 0.6) is 5.75 Å². The summed E-state index contributed by atoms with van der Waals surface area (Å²) in [5, 5.41) is 4.19. The first kappa shape index (κ1) is 24.0. The van der Waals surface area contributed by atoms with Gasteiger partial charge in [-0.2, -0.15) is 0 Å². The first-order valence-corrected chi connectivity index (χ1v) is 12.8. The van der Waals surface area contributed by atoms with Gasteiger partial charge < -0.3 is 10.1 Å². The number of nitrogens with zero attached hydrogens (tertiary/aromatic N) is 2. The summed E-state index contributed by atoms with van der Waals surface area (Å²) in [7, 11) is 1.66. The monoisotopic (exact) mass is 479 g/mol. The van der Waals surface area contributed by atoms with Crippen molar-refractivity contribution in [3.05, 3.63) is 89.6 Å². The number of nitrogens with one attached hydrogen (secondary N) is 1. The molecule has 0 aliphatic carbocycles. The van der Waals surface area contributed by atoms with Crippen LogP contribution in [0.2, 0.25) is 0 Å². The zero-order chi connectivity index (χ0) is 24.9. The number of carbonyl (C=O) groups is 1. The molecule has 1 amide bonds. The fourth-order valence-corrected chi connectivity index (χ4v) is 4.96. The number of methoxy groups -OCH3 is 1. The Kier molecular flexibility index (Phi) is 7.28. The SMILES string of the molecule is COc1ccc(-c2ccc(C(=O)Nc3ccc4cc(CN5CCCCCC5)cnc4c3C)cc2)cc1. The Labute approximate surface area is 213 Å². The van der Waals surface area contributed by atoms with Gasteiger partial charge >= 0.3 is 0 Å². The molecule has 1 N–H and O–H groups in total. The van der Waals surface area contributed by atoms with Crippen LogP contribution in [0.4, 0.5) is 5.69 Å². The van der Waals surface area contributed by atoms with Gasteiger partial charge in [0.15, 0.2) is 0 Å². The van der Waals surface area contributed by atoms with Crippen molar-refractivity contribution in [2.75, 3.05) is 25.5 Å². The number of amides is 1. The molecular formula is C31H33N3O2. The summed E-state index contributed by atoms with van der Waals surface area (Å²) in [5.74, 6) is 0.695. The van der Waals surface area contributed by atoms with Gasteiger partial charge in [0.1, 0.15) is 5.75 Å². The van der Waals surface area contributed by atoms with E-state index >= 15 is 0 Å². The van der Waals surface area contributed by atoms with E-state index in [1.165, 1.54) is 44.3 Å². The predicted molar refractivity (Wildman–Crippen MR) is 147 cm³/mol. The molecule has 1 aromatic heterocycles. The fourth-order valence-electron chi connectivity index (χ4n) is 4.96. The topological polar surface area (TPSA) is 54.5 Å². The molecule has 3 aromatic carbocycles. The summed E-state index contributed by atoms with van der Waals surface area (Å²) < 4.78 is 5.23. The van der Waals surface area contributed by atoms with Gasteiger partial charge in [0.05, 0.1) is 12.6 Å². The van der Waals surface area contributed by atoms with E-state index < -0.39 is 0 Å². The van der Waals surface area contributed by atoms with Crippen LogP contribution in [0.3, 0.4) is 0 Å². The summed E-state index contributed by atoms with van der Waals surface area (Å²) in [6.45, 7) is 5.31. The fraction of sp³-hybridized carbons (Fsp3) is 0.290. The Bertz CT molecular complexity index is 1340.